The zero-order valence-corrected chi connectivity index (χ0v) is 12.3. The molecule has 1 aromatic heterocycles. The second kappa shape index (κ2) is 6.57. The Morgan fingerprint density at radius 1 is 1.17 bits per heavy atom. The standard InChI is InChI=1S/C15H12F3N3O3/c1-21(12-8-9(6-7-19-12)15(16,17)18)20-13(22)10-4-2-3-5-11(10)14(23)24/h2-8H,1H3,(H,20,22)(H,23,24)/p-1. The van der Waals surface area contributed by atoms with E-state index in [0.29, 0.717) is 0 Å². The van der Waals surface area contributed by atoms with Gasteiger partial charge in [-0.3, -0.25) is 15.2 Å². The molecule has 0 aliphatic rings. The van der Waals surface area contributed by atoms with E-state index in [0.717, 1.165) is 23.3 Å². The van der Waals surface area contributed by atoms with E-state index in [1.807, 2.05) is 0 Å². The number of pyridine rings is 1. The number of benzene rings is 1. The van der Waals surface area contributed by atoms with Crippen LogP contribution >= 0.6 is 0 Å². The normalized spacial score (nSPS) is 11.0. The number of rotatable bonds is 4. The van der Waals surface area contributed by atoms with Gasteiger partial charge in [0.05, 0.1) is 17.1 Å². The van der Waals surface area contributed by atoms with Gasteiger partial charge >= 0.3 is 6.18 Å². The minimum Gasteiger partial charge on any atom is -0.545 e. The number of nitrogens with one attached hydrogen (secondary N) is 1. The van der Waals surface area contributed by atoms with Crippen molar-refractivity contribution >= 4 is 17.7 Å². The highest BCUT2D eigenvalue weighted by atomic mass is 19.4. The molecule has 9 heteroatoms. The fourth-order valence-electron chi connectivity index (χ4n) is 1.91. The molecule has 1 N–H and O–H groups in total. The van der Waals surface area contributed by atoms with Gasteiger partial charge in [0.2, 0.25) is 0 Å². The number of halogens is 3. The van der Waals surface area contributed by atoms with Crippen LogP contribution in [0.25, 0.3) is 0 Å². The largest absolute Gasteiger partial charge is 0.545 e. The first-order chi connectivity index (χ1) is 11.2. The van der Waals surface area contributed by atoms with E-state index in [1.165, 1.54) is 31.3 Å². The van der Waals surface area contributed by atoms with Crippen LogP contribution in [0.1, 0.15) is 26.3 Å². The first-order valence-electron chi connectivity index (χ1n) is 6.58. The Balaban J connectivity index is 2.23. The Kier molecular flexibility index (Phi) is 4.72. The van der Waals surface area contributed by atoms with Crippen LogP contribution in [-0.2, 0) is 6.18 Å². The van der Waals surface area contributed by atoms with Gasteiger partial charge in [-0.2, -0.15) is 13.2 Å². The highest BCUT2D eigenvalue weighted by Gasteiger charge is 2.31. The molecule has 0 saturated carbocycles. The van der Waals surface area contributed by atoms with Gasteiger partial charge in [-0.05, 0) is 18.2 Å². The zero-order valence-electron chi connectivity index (χ0n) is 12.3. The minimum absolute atomic E-state index is 0.163. The monoisotopic (exact) mass is 338 g/mol. The number of aromatic nitrogens is 1. The average Bonchev–Trinajstić information content (AvgIpc) is 2.54. The van der Waals surface area contributed by atoms with E-state index < -0.39 is 23.6 Å². The van der Waals surface area contributed by atoms with Crippen molar-refractivity contribution in [1.29, 1.82) is 0 Å². The second-order valence-electron chi connectivity index (χ2n) is 4.73. The van der Waals surface area contributed by atoms with Gasteiger partial charge in [0.1, 0.15) is 5.82 Å². The molecular weight excluding hydrogens is 327 g/mol. The summed E-state index contributed by atoms with van der Waals surface area (Å²) in [6, 6.07) is 6.86. The number of aromatic carboxylic acids is 1. The minimum atomic E-state index is -4.55. The Bertz CT molecular complexity index is 778. The summed E-state index contributed by atoms with van der Waals surface area (Å²) in [6.07, 6.45) is -3.60. The highest BCUT2D eigenvalue weighted by molar-refractivity contribution is 6.04. The molecule has 1 amide bonds. The second-order valence-corrected chi connectivity index (χ2v) is 4.73. The van der Waals surface area contributed by atoms with Crippen LogP contribution in [0.5, 0.6) is 0 Å². The molecule has 0 aliphatic carbocycles. The summed E-state index contributed by atoms with van der Waals surface area (Å²) in [5, 5.41) is 12.0. The smallest absolute Gasteiger partial charge is 0.416 e. The molecule has 0 saturated heterocycles. The van der Waals surface area contributed by atoms with Crippen molar-refractivity contribution < 1.29 is 27.9 Å². The molecule has 24 heavy (non-hydrogen) atoms. The third-order valence-electron chi connectivity index (χ3n) is 3.08. The maximum atomic E-state index is 12.7. The number of alkyl halides is 3. The fraction of sp³-hybridized carbons (Fsp3) is 0.133. The molecule has 126 valence electrons. The van der Waals surface area contributed by atoms with Gasteiger partial charge in [-0.1, -0.05) is 18.2 Å². The molecule has 0 unspecified atom stereocenters. The lowest BCUT2D eigenvalue weighted by atomic mass is 10.1. The highest BCUT2D eigenvalue weighted by Crippen LogP contribution is 2.30. The number of carbonyl (C=O) groups is 2. The molecule has 0 fully saturated rings. The lowest BCUT2D eigenvalue weighted by molar-refractivity contribution is -0.255. The maximum Gasteiger partial charge on any atom is 0.416 e. The van der Waals surface area contributed by atoms with Crippen LogP contribution in [0.4, 0.5) is 19.0 Å². The Hall–Kier alpha value is -3.10. The summed E-state index contributed by atoms with van der Waals surface area (Å²) < 4.78 is 38.1. The van der Waals surface area contributed by atoms with Crippen molar-refractivity contribution in [2.75, 3.05) is 12.1 Å². The number of carbonyl (C=O) groups excluding carboxylic acids is 2. The van der Waals surface area contributed by atoms with E-state index in [1.54, 1.807) is 0 Å². The van der Waals surface area contributed by atoms with E-state index >= 15 is 0 Å². The van der Waals surface area contributed by atoms with Crippen LogP contribution in [0.15, 0.2) is 42.6 Å². The summed E-state index contributed by atoms with van der Waals surface area (Å²) in [6.45, 7) is 0. The molecule has 1 heterocycles. The molecule has 0 atom stereocenters. The van der Waals surface area contributed by atoms with Crippen LogP contribution in [0.3, 0.4) is 0 Å². The molecular formula is C15H11F3N3O3-. The summed E-state index contributed by atoms with van der Waals surface area (Å²) in [5.41, 5.74) is 0.816. The third kappa shape index (κ3) is 3.80. The SMILES string of the molecule is CN(NC(=O)c1ccccc1C(=O)[O-])c1cc(C(F)(F)F)ccn1. The van der Waals surface area contributed by atoms with Crippen molar-refractivity contribution in [2.45, 2.75) is 6.18 Å². The lowest BCUT2D eigenvalue weighted by Gasteiger charge is -2.21. The van der Waals surface area contributed by atoms with E-state index in [9.17, 15) is 27.9 Å². The van der Waals surface area contributed by atoms with Gasteiger partial charge in [0.25, 0.3) is 5.91 Å². The number of amides is 1. The van der Waals surface area contributed by atoms with Crippen molar-refractivity contribution in [2.24, 2.45) is 0 Å². The number of carboxylic acids is 1. The first kappa shape index (κ1) is 17.3. The molecule has 1 aromatic carbocycles. The predicted octanol–water partition coefficient (Wildman–Crippen LogP) is 1.25. The Labute approximate surface area is 134 Å². The summed E-state index contributed by atoms with van der Waals surface area (Å²) in [5.74, 6) is -2.53. The molecule has 6 nitrogen and oxygen atoms in total. The van der Waals surface area contributed by atoms with Crippen molar-refractivity contribution in [3.8, 4) is 0 Å². The van der Waals surface area contributed by atoms with E-state index in [-0.39, 0.29) is 16.9 Å². The Morgan fingerprint density at radius 2 is 1.79 bits per heavy atom. The van der Waals surface area contributed by atoms with Crippen molar-refractivity contribution in [3.05, 3.63) is 59.3 Å². The van der Waals surface area contributed by atoms with E-state index in [4.69, 9.17) is 0 Å². The topological polar surface area (TPSA) is 85.4 Å². The predicted molar refractivity (Wildman–Crippen MR) is 75.9 cm³/mol. The van der Waals surface area contributed by atoms with Gasteiger partial charge in [0.15, 0.2) is 0 Å². The molecule has 0 aliphatic heterocycles. The average molecular weight is 338 g/mol. The lowest BCUT2D eigenvalue weighted by Crippen LogP contribution is -2.41. The summed E-state index contributed by atoms with van der Waals surface area (Å²) >= 11 is 0. The van der Waals surface area contributed by atoms with Gasteiger partial charge in [-0.25, -0.2) is 4.98 Å². The van der Waals surface area contributed by atoms with Crippen molar-refractivity contribution in [1.82, 2.24) is 10.4 Å². The van der Waals surface area contributed by atoms with Crippen molar-refractivity contribution in [3.63, 3.8) is 0 Å². The molecule has 2 aromatic rings. The van der Waals surface area contributed by atoms with Crippen LogP contribution in [0, 0.1) is 0 Å². The van der Waals surface area contributed by atoms with Gasteiger partial charge in [0, 0.05) is 18.8 Å². The molecule has 0 bridgehead atoms. The molecule has 2 rings (SSSR count). The molecule has 0 radical (unpaired) electrons. The number of nitrogens with zero attached hydrogens (tertiary/aromatic N) is 2. The number of hydrogen-bond donors (Lipinski definition) is 1. The number of anilines is 1. The first-order valence-corrected chi connectivity index (χ1v) is 6.58. The molecule has 0 spiro atoms. The van der Waals surface area contributed by atoms with E-state index in [2.05, 4.69) is 10.4 Å². The summed E-state index contributed by atoms with van der Waals surface area (Å²) in [7, 11) is 1.28. The number of hydrogen-bond acceptors (Lipinski definition) is 5. The van der Waals surface area contributed by atoms with Crippen LogP contribution in [0.2, 0.25) is 0 Å². The van der Waals surface area contributed by atoms with Gasteiger partial charge < -0.3 is 9.90 Å². The maximum absolute atomic E-state index is 12.7. The number of hydrazine groups is 1. The third-order valence-corrected chi connectivity index (χ3v) is 3.08. The van der Waals surface area contributed by atoms with Gasteiger partial charge in [-0.15, -0.1) is 0 Å². The quantitative estimate of drug-likeness (QED) is 0.848. The number of carboxylic acid groups (broad SMARTS) is 1. The Morgan fingerprint density at radius 3 is 2.38 bits per heavy atom. The zero-order chi connectivity index (χ0) is 17.9. The fourth-order valence-corrected chi connectivity index (χ4v) is 1.91. The summed E-state index contributed by atoms with van der Waals surface area (Å²) in [4.78, 5) is 26.9. The van der Waals surface area contributed by atoms with Crippen LogP contribution < -0.4 is 15.5 Å². The van der Waals surface area contributed by atoms with Crippen LogP contribution in [-0.4, -0.2) is 23.9 Å².